The summed E-state index contributed by atoms with van der Waals surface area (Å²) in [7, 11) is 0. The monoisotopic (exact) mass is 369 g/mol. The molecule has 3 heterocycles. The Morgan fingerprint density at radius 3 is 2.72 bits per heavy atom. The number of aryl methyl sites for hydroxylation is 2. The molecule has 0 bridgehead atoms. The SMILES string of the molecule is Cc1noc(C)c1CSc1nc2sccc2c(=O)n1-c1ccccc1. The predicted octanol–water partition coefficient (Wildman–Crippen LogP) is 4.34. The Kier molecular flexibility index (Phi) is 4.19. The van der Waals surface area contributed by atoms with Gasteiger partial charge < -0.3 is 4.52 Å². The number of thiophene rings is 1. The number of benzene rings is 1. The standard InChI is InChI=1S/C18H15N3O2S2/c1-11-15(12(2)23-20-11)10-25-18-19-16-14(8-9-24-16)17(22)21(18)13-6-4-3-5-7-13/h3-9H,10H2,1-2H3. The summed E-state index contributed by atoms with van der Waals surface area (Å²) >= 11 is 3.00. The van der Waals surface area contributed by atoms with E-state index in [0.29, 0.717) is 16.3 Å². The van der Waals surface area contributed by atoms with E-state index in [2.05, 4.69) is 5.16 Å². The van der Waals surface area contributed by atoms with Gasteiger partial charge in [0.05, 0.1) is 16.8 Å². The Labute approximate surface area is 152 Å². The molecule has 25 heavy (non-hydrogen) atoms. The van der Waals surface area contributed by atoms with Crippen LogP contribution in [-0.4, -0.2) is 14.7 Å². The lowest BCUT2D eigenvalue weighted by molar-refractivity contribution is 0.392. The highest BCUT2D eigenvalue weighted by molar-refractivity contribution is 7.98. The molecule has 0 aliphatic heterocycles. The summed E-state index contributed by atoms with van der Waals surface area (Å²) in [5.74, 6) is 1.45. The van der Waals surface area contributed by atoms with Gasteiger partial charge in [-0.1, -0.05) is 35.1 Å². The average Bonchev–Trinajstić information content (AvgIpc) is 3.21. The number of para-hydroxylation sites is 1. The van der Waals surface area contributed by atoms with Crippen LogP contribution < -0.4 is 5.56 Å². The van der Waals surface area contributed by atoms with Gasteiger partial charge in [-0.05, 0) is 37.4 Å². The van der Waals surface area contributed by atoms with Crippen molar-refractivity contribution in [3.8, 4) is 5.69 Å². The van der Waals surface area contributed by atoms with Gasteiger partial charge in [0.1, 0.15) is 10.6 Å². The van der Waals surface area contributed by atoms with Crippen molar-refractivity contribution < 1.29 is 4.52 Å². The molecule has 0 N–H and O–H groups in total. The molecule has 5 nitrogen and oxygen atoms in total. The lowest BCUT2D eigenvalue weighted by Crippen LogP contribution is -2.21. The molecule has 3 aromatic heterocycles. The smallest absolute Gasteiger partial charge is 0.267 e. The summed E-state index contributed by atoms with van der Waals surface area (Å²) in [5, 5.41) is 7.21. The first-order chi connectivity index (χ1) is 12.1. The molecule has 4 rings (SSSR count). The molecule has 0 fully saturated rings. The van der Waals surface area contributed by atoms with E-state index in [-0.39, 0.29) is 5.56 Å². The van der Waals surface area contributed by atoms with Crippen molar-refractivity contribution in [2.75, 3.05) is 0 Å². The van der Waals surface area contributed by atoms with E-state index in [4.69, 9.17) is 9.51 Å². The molecule has 0 unspecified atom stereocenters. The fourth-order valence-corrected chi connectivity index (χ4v) is 4.61. The van der Waals surface area contributed by atoms with Crippen LogP contribution in [0.4, 0.5) is 0 Å². The van der Waals surface area contributed by atoms with Crippen LogP contribution in [0.3, 0.4) is 0 Å². The molecule has 126 valence electrons. The van der Waals surface area contributed by atoms with Crippen LogP contribution in [0.1, 0.15) is 17.0 Å². The minimum Gasteiger partial charge on any atom is -0.361 e. The van der Waals surface area contributed by atoms with Crippen molar-refractivity contribution in [3.05, 3.63) is 69.1 Å². The highest BCUT2D eigenvalue weighted by Gasteiger charge is 2.16. The van der Waals surface area contributed by atoms with Gasteiger partial charge in [-0.15, -0.1) is 11.3 Å². The predicted molar refractivity (Wildman–Crippen MR) is 101 cm³/mol. The summed E-state index contributed by atoms with van der Waals surface area (Å²) < 4.78 is 6.91. The van der Waals surface area contributed by atoms with Crippen molar-refractivity contribution >= 4 is 33.3 Å². The lowest BCUT2D eigenvalue weighted by Gasteiger charge is -2.11. The molecule has 0 amide bonds. The number of rotatable bonds is 4. The molecular weight excluding hydrogens is 354 g/mol. The number of hydrogen-bond donors (Lipinski definition) is 0. The Bertz CT molecular complexity index is 1080. The second-order valence-electron chi connectivity index (χ2n) is 5.60. The lowest BCUT2D eigenvalue weighted by atomic mass is 10.2. The molecule has 0 aliphatic carbocycles. The van der Waals surface area contributed by atoms with Crippen molar-refractivity contribution in [1.82, 2.24) is 14.7 Å². The van der Waals surface area contributed by atoms with Gasteiger partial charge in [-0.25, -0.2) is 4.98 Å². The fraction of sp³-hybridized carbons (Fsp3) is 0.167. The zero-order chi connectivity index (χ0) is 17.4. The maximum Gasteiger partial charge on any atom is 0.267 e. The maximum atomic E-state index is 13.0. The van der Waals surface area contributed by atoms with Gasteiger partial charge in [0.25, 0.3) is 5.56 Å². The van der Waals surface area contributed by atoms with Gasteiger partial charge in [0, 0.05) is 11.3 Å². The second kappa shape index (κ2) is 6.50. The third-order valence-electron chi connectivity index (χ3n) is 4.01. The molecular formula is C18H15N3O2S2. The summed E-state index contributed by atoms with van der Waals surface area (Å²) in [6.07, 6.45) is 0. The zero-order valence-electron chi connectivity index (χ0n) is 13.7. The largest absolute Gasteiger partial charge is 0.361 e. The minimum atomic E-state index is -0.0429. The number of nitrogens with zero attached hydrogens (tertiary/aromatic N) is 3. The number of aromatic nitrogens is 3. The summed E-state index contributed by atoms with van der Waals surface area (Å²) in [4.78, 5) is 18.5. The molecule has 0 radical (unpaired) electrons. The molecule has 0 saturated carbocycles. The fourth-order valence-electron chi connectivity index (χ4n) is 2.64. The van der Waals surface area contributed by atoms with Crippen LogP contribution in [0.15, 0.2) is 56.3 Å². The topological polar surface area (TPSA) is 60.9 Å². The van der Waals surface area contributed by atoms with E-state index in [9.17, 15) is 4.79 Å². The minimum absolute atomic E-state index is 0.0429. The van der Waals surface area contributed by atoms with E-state index in [1.807, 2.05) is 55.6 Å². The molecule has 7 heteroatoms. The van der Waals surface area contributed by atoms with Crippen molar-refractivity contribution in [2.24, 2.45) is 0 Å². The Balaban J connectivity index is 1.83. The second-order valence-corrected chi connectivity index (χ2v) is 7.44. The summed E-state index contributed by atoms with van der Waals surface area (Å²) in [6, 6.07) is 11.4. The van der Waals surface area contributed by atoms with E-state index >= 15 is 0 Å². The third kappa shape index (κ3) is 2.89. The zero-order valence-corrected chi connectivity index (χ0v) is 15.4. The maximum absolute atomic E-state index is 13.0. The number of hydrogen-bond acceptors (Lipinski definition) is 6. The van der Waals surface area contributed by atoms with Gasteiger partial charge in [0.2, 0.25) is 0 Å². The third-order valence-corrected chi connectivity index (χ3v) is 5.78. The average molecular weight is 369 g/mol. The summed E-state index contributed by atoms with van der Waals surface area (Å²) in [6.45, 7) is 3.82. The van der Waals surface area contributed by atoms with Crippen LogP contribution in [-0.2, 0) is 5.75 Å². The molecule has 1 aromatic carbocycles. The Hall–Kier alpha value is -2.38. The van der Waals surface area contributed by atoms with E-state index < -0.39 is 0 Å². The summed E-state index contributed by atoms with van der Waals surface area (Å²) in [5.41, 5.74) is 2.69. The first kappa shape index (κ1) is 16.1. The van der Waals surface area contributed by atoms with Gasteiger partial charge in [-0.3, -0.25) is 9.36 Å². The molecule has 0 spiro atoms. The molecule has 0 aliphatic rings. The van der Waals surface area contributed by atoms with Crippen molar-refractivity contribution in [1.29, 1.82) is 0 Å². The van der Waals surface area contributed by atoms with Gasteiger partial charge >= 0.3 is 0 Å². The van der Waals surface area contributed by atoms with Crippen molar-refractivity contribution in [2.45, 2.75) is 24.8 Å². The van der Waals surface area contributed by atoms with Crippen LogP contribution in [0, 0.1) is 13.8 Å². The molecule has 4 aromatic rings. The number of thioether (sulfide) groups is 1. The van der Waals surface area contributed by atoms with Gasteiger partial charge in [-0.2, -0.15) is 0 Å². The highest BCUT2D eigenvalue weighted by Crippen LogP contribution is 2.28. The Morgan fingerprint density at radius 1 is 1.20 bits per heavy atom. The molecule has 0 atom stereocenters. The van der Waals surface area contributed by atoms with Crippen LogP contribution in [0.5, 0.6) is 0 Å². The van der Waals surface area contributed by atoms with E-state index in [1.165, 1.54) is 23.1 Å². The molecule has 0 saturated heterocycles. The normalized spacial score (nSPS) is 11.3. The highest BCUT2D eigenvalue weighted by atomic mass is 32.2. The van der Waals surface area contributed by atoms with Crippen LogP contribution in [0.25, 0.3) is 15.9 Å². The van der Waals surface area contributed by atoms with Crippen molar-refractivity contribution in [3.63, 3.8) is 0 Å². The first-order valence-electron chi connectivity index (χ1n) is 7.75. The quantitative estimate of drug-likeness (QED) is 0.395. The van der Waals surface area contributed by atoms with E-state index in [1.54, 1.807) is 4.57 Å². The Morgan fingerprint density at radius 2 is 2.00 bits per heavy atom. The number of fused-ring (bicyclic) bond motifs is 1. The van der Waals surface area contributed by atoms with Crippen LogP contribution in [0.2, 0.25) is 0 Å². The van der Waals surface area contributed by atoms with Gasteiger partial charge in [0.15, 0.2) is 5.16 Å². The first-order valence-corrected chi connectivity index (χ1v) is 9.62. The van der Waals surface area contributed by atoms with Crippen LogP contribution >= 0.6 is 23.1 Å². The van der Waals surface area contributed by atoms with E-state index in [0.717, 1.165) is 27.5 Å².